The van der Waals surface area contributed by atoms with Crippen molar-refractivity contribution in [1.29, 1.82) is 0 Å². The van der Waals surface area contributed by atoms with Gasteiger partial charge in [-0.05, 0) is 32.1 Å². The van der Waals surface area contributed by atoms with E-state index >= 15 is 0 Å². The molecule has 0 aliphatic carbocycles. The number of hydrogen-bond donors (Lipinski definition) is 6. The lowest BCUT2D eigenvalue weighted by atomic mass is 9.90. The summed E-state index contributed by atoms with van der Waals surface area (Å²) < 4.78 is 22.6. The highest BCUT2D eigenvalue weighted by Crippen LogP contribution is 2.31. The fraction of sp³-hybridized carbons (Fsp3) is 1.00. The second-order valence-electron chi connectivity index (χ2n) is 11.1. The molecule has 2 rings (SSSR count). The lowest BCUT2D eigenvalue weighted by molar-refractivity contribution is -0.335. The summed E-state index contributed by atoms with van der Waals surface area (Å²) in [6.07, 6.45) is -6.75. The summed E-state index contributed by atoms with van der Waals surface area (Å²) in [5, 5.41) is 59.4. The zero-order valence-corrected chi connectivity index (χ0v) is 22.4. The standard InChI is InChI=1S/C18H34O9.C7H16O/c1-4-5-6-24-8-12-17(15(22)14(21)10(3)25-12)27-18-16(23)13(20)9(2)11(7-19)26-18;1-6(8)5-7(2,3)4/h9-23H,4-8H2,1-3H3;6,8H,5H2,1-4H3. The maximum Gasteiger partial charge on any atom is 0.187 e. The molecule has 0 bridgehead atoms. The van der Waals surface area contributed by atoms with E-state index in [9.17, 15) is 25.5 Å². The first kappa shape index (κ1) is 32.6. The van der Waals surface area contributed by atoms with Crippen molar-refractivity contribution in [2.24, 2.45) is 11.3 Å². The smallest absolute Gasteiger partial charge is 0.187 e. The molecule has 11 unspecified atom stereocenters. The molecule has 0 aromatic rings. The number of rotatable bonds is 9. The Morgan fingerprint density at radius 3 is 2.03 bits per heavy atom. The van der Waals surface area contributed by atoms with Crippen molar-refractivity contribution in [2.75, 3.05) is 19.8 Å². The van der Waals surface area contributed by atoms with Crippen molar-refractivity contribution >= 4 is 0 Å². The average molecular weight is 511 g/mol. The molecule has 35 heavy (non-hydrogen) atoms. The summed E-state index contributed by atoms with van der Waals surface area (Å²) in [5.74, 6) is -0.490. The van der Waals surface area contributed by atoms with Crippen LogP contribution in [0.2, 0.25) is 0 Å². The molecule has 6 N–H and O–H groups in total. The molecule has 10 nitrogen and oxygen atoms in total. The van der Waals surface area contributed by atoms with E-state index in [1.165, 1.54) is 0 Å². The van der Waals surface area contributed by atoms with Gasteiger partial charge in [-0.25, -0.2) is 0 Å². The van der Waals surface area contributed by atoms with Crippen molar-refractivity contribution in [1.82, 2.24) is 0 Å². The predicted molar refractivity (Wildman–Crippen MR) is 130 cm³/mol. The van der Waals surface area contributed by atoms with E-state index < -0.39 is 61.0 Å². The largest absolute Gasteiger partial charge is 0.394 e. The van der Waals surface area contributed by atoms with Crippen molar-refractivity contribution in [3.63, 3.8) is 0 Å². The molecule has 2 aliphatic heterocycles. The molecular formula is C25H50O10. The average Bonchev–Trinajstić information content (AvgIpc) is 2.76. The van der Waals surface area contributed by atoms with E-state index in [1.54, 1.807) is 13.8 Å². The van der Waals surface area contributed by atoms with Crippen LogP contribution in [-0.4, -0.2) is 112 Å². The molecular weight excluding hydrogens is 460 g/mol. The van der Waals surface area contributed by atoms with Crippen molar-refractivity contribution < 1.29 is 49.6 Å². The van der Waals surface area contributed by atoms with Crippen LogP contribution in [0.15, 0.2) is 0 Å². The predicted octanol–water partition coefficient (Wildman–Crippen LogP) is 0.576. The van der Waals surface area contributed by atoms with Crippen LogP contribution in [0.1, 0.15) is 67.7 Å². The van der Waals surface area contributed by atoms with Crippen LogP contribution in [0.5, 0.6) is 0 Å². The lowest BCUT2D eigenvalue weighted by Crippen LogP contribution is -2.63. The molecule has 11 atom stereocenters. The van der Waals surface area contributed by atoms with E-state index in [1.807, 2.05) is 13.8 Å². The van der Waals surface area contributed by atoms with Crippen LogP contribution in [0.25, 0.3) is 0 Å². The van der Waals surface area contributed by atoms with Gasteiger partial charge in [0.1, 0.15) is 30.5 Å². The molecule has 0 spiro atoms. The third-order valence-corrected chi connectivity index (χ3v) is 6.29. The lowest BCUT2D eigenvalue weighted by Gasteiger charge is -2.46. The highest BCUT2D eigenvalue weighted by Gasteiger charge is 2.49. The molecule has 10 heteroatoms. The highest BCUT2D eigenvalue weighted by atomic mass is 16.7. The number of aliphatic hydroxyl groups is 6. The van der Waals surface area contributed by atoms with Gasteiger partial charge in [0.05, 0.1) is 37.6 Å². The summed E-state index contributed by atoms with van der Waals surface area (Å²) >= 11 is 0. The second-order valence-corrected chi connectivity index (χ2v) is 11.1. The molecule has 0 aromatic carbocycles. The fourth-order valence-electron chi connectivity index (χ4n) is 4.31. The van der Waals surface area contributed by atoms with Crippen molar-refractivity contribution in [3.05, 3.63) is 0 Å². The van der Waals surface area contributed by atoms with Crippen LogP contribution in [0, 0.1) is 11.3 Å². The molecule has 2 saturated heterocycles. The van der Waals surface area contributed by atoms with E-state index in [2.05, 4.69) is 20.8 Å². The third kappa shape index (κ3) is 10.5. The second kappa shape index (κ2) is 15.1. The maximum atomic E-state index is 10.5. The first-order chi connectivity index (χ1) is 16.2. The molecule has 2 heterocycles. The Bertz CT molecular complexity index is 567. The Morgan fingerprint density at radius 1 is 0.914 bits per heavy atom. The molecule has 210 valence electrons. The zero-order valence-electron chi connectivity index (χ0n) is 22.4. The van der Waals surface area contributed by atoms with Crippen LogP contribution in [-0.2, 0) is 18.9 Å². The number of aliphatic hydroxyl groups excluding tert-OH is 6. The van der Waals surface area contributed by atoms with Gasteiger partial charge in [-0.3, -0.25) is 0 Å². The first-order valence-electron chi connectivity index (χ1n) is 12.8. The Labute approximate surface area is 210 Å². The monoisotopic (exact) mass is 510 g/mol. The maximum absolute atomic E-state index is 10.5. The normalized spacial score (nSPS) is 39.0. The van der Waals surface area contributed by atoms with Gasteiger partial charge in [-0.15, -0.1) is 0 Å². The van der Waals surface area contributed by atoms with Crippen LogP contribution >= 0.6 is 0 Å². The topological polar surface area (TPSA) is 158 Å². The molecule has 0 amide bonds. The molecule has 0 radical (unpaired) electrons. The number of hydrogen-bond acceptors (Lipinski definition) is 10. The van der Waals surface area contributed by atoms with E-state index in [-0.39, 0.29) is 24.7 Å². The van der Waals surface area contributed by atoms with Crippen molar-refractivity contribution in [2.45, 2.75) is 129 Å². The minimum Gasteiger partial charge on any atom is -0.394 e. The minimum atomic E-state index is -1.37. The van der Waals surface area contributed by atoms with Gasteiger partial charge < -0.3 is 49.6 Å². The summed E-state index contributed by atoms with van der Waals surface area (Å²) in [7, 11) is 0. The highest BCUT2D eigenvalue weighted by molar-refractivity contribution is 4.94. The van der Waals surface area contributed by atoms with E-state index in [4.69, 9.17) is 24.1 Å². The van der Waals surface area contributed by atoms with Crippen molar-refractivity contribution in [3.8, 4) is 0 Å². The van der Waals surface area contributed by atoms with Crippen LogP contribution in [0.3, 0.4) is 0 Å². The SMILES string of the molecule is CC(O)CC(C)(C)C.CCCCOCC1OC(C)C(O)C(O)C1OC1OC(CO)C(C)C(O)C1O. The number of ether oxygens (including phenoxy) is 4. The number of unbranched alkanes of at least 4 members (excludes halogenated alkanes) is 1. The molecule has 0 aromatic heterocycles. The van der Waals surface area contributed by atoms with Crippen LogP contribution in [0.4, 0.5) is 0 Å². The summed E-state index contributed by atoms with van der Waals surface area (Å²) in [5.41, 5.74) is 0.272. The van der Waals surface area contributed by atoms with Gasteiger partial charge in [0.25, 0.3) is 0 Å². The van der Waals surface area contributed by atoms with Gasteiger partial charge in [0, 0.05) is 12.5 Å². The quantitative estimate of drug-likeness (QED) is 0.242. The van der Waals surface area contributed by atoms with E-state index in [0.717, 1.165) is 19.3 Å². The summed E-state index contributed by atoms with van der Waals surface area (Å²) in [6.45, 7) is 13.9. The molecule has 0 saturated carbocycles. The van der Waals surface area contributed by atoms with Gasteiger partial charge >= 0.3 is 0 Å². The molecule has 2 fully saturated rings. The Kier molecular flexibility index (Phi) is 14.1. The van der Waals surface area contributed by atoms with Gasteiger partial charge in [-0.2, -0.15) is 0 Å². The van der Waals surface area contributed by atoms with E-state index in [0.29, 0.717) is 6.61 Å². The molecule has 2 aliphatic rings. The Balaban J connectivity index is 0.000000658. The van der Waals surface area contributed by atoms with Gasteiger partial charge in [0.15, 0.2) is 6.29 Å². The summed E-state index contributed by atoms with van der Waals surface area (Å²) in [4.78, 5) is 0. The third-order valence-electron chi connectivity index (χ3n) is 6.29. The van der Waals surface area contributed by atoms with Gasteiger partial charge in [-0.1, -0.05) is 41.0 Å². The summed E-state index contributed by atoms with van der Waals surface area (Å²) in [6, 6.07) is 0. The van der Waals surface area contributed by atoms with Crippen LogP contribution < -0.4 is 0 Å². The minimum absolute atomic E-state index is 0.143. The Morgan fingerprint density at radius 2 is 1.54 bits per heavy atom. The first-order valence-corrected chi connectivity index (χ1v) is 12.8. The van der Waals surface area contributed by atoms with Gasteiger partial charge in [0.2, 0.25) is 0 Å². The Hall–Kier alpha value is -0.400. The fourth-order valence-corrected chi connectivity index (χ4v) is 4.31. The zero-order chi connectivity index (χ0) is 26.9.